The number of hydrogen-bond donors (Lipinski definition) is 0. The monoisotopic (exact) mass is 425 g/mol. The van der Waals surface area contributed by atoms with E-state index < -0.39 is 21.8 Å². The topological polar surface area (TPSA) is 46.6 Å². The molecule has 1 aromatic rings. The molecule has 0 amide bonds. The molecule has 0 aromatic heterocycles. The number of likely N-dealkylation sites (tertiary alicyclic amines) is 1. The number of sulfone groups is 1. The highest BCUT2D eigenvalue weighted by atomic mass is 35.5. The third-order valence-electron chi connectivity index (χ3n) is 4.59. The van der Waals surface area contributed by atoms with Crippen molar-refractivity contribution in [3.8, 4) is 0 Å². The van der Waals surface area contributed by atoms with E-state index in [1.807, 2.05) is 0 Å². The smallest absolute Gasteiger partial charge is 0.383 e. The molecule has 152 valence electrons. The van der Waals surface area contributed by atoms with Gasteiger partial charge < -0.3 is 9.64 Å². The highest BCUT2D eigenvalue weighted by Crippen LogP contribution is 2.36. The number of rotatable bonds is 7. The third-order valence-corrected chi connectivity index (χ3v) is 6.77. The van der Waals surface area contributed by atoms with E-state index in [4.69, 9.17) is 16.3 Å². The van der Waals surface area contributed by atoms with Crippen molar-refractivity contribution in [1.29, 1.82) is 0 Å². The molecule has 1 fully saturated rings. The van der Waals surface area contributed by atoms with Crippen molar-refractivity contribution in [2.24, 2.45) is 0 Å². The van der Waals surface area contributed by atoms with Gasteiger partial charge in [-0.1, -0.05) is 29.8 Å². The average molecular weight is 426 g/mol. The highest BCUT2D eigenvalue weighted by Gasteiger charge is 2.27. The fraction of sp³-hybridized carbons (Fsp3) is 0.556. The van der Waals surface area contributed by atoms with Gasteiger partial charge in [0.05, 0.1) is 22.3 Å². The van der Waals surface area contributed by atoms with Crippen LogP contribution >= 0.6 is 11.6 Å². The Bertz CT molecular complexity index is 758. The molecule has 0 unspecified atom stereocenters. The number of alkyl halides is 3. The summed E-state index contributed by atoms with van der Waals surface area (Å²) in [5, 5.41) is 0.119. The molecule has 0 radical (unpaired) electrons. The van der Waals surface area contributed by atoms with E-state index in [2.05, 4.69) is 4.90 Å². The predicted octanol–water partition coefficient (Wildman–Crippen LogP) is 4.06. The Morgan fingerprint density at radius 1 is 1.30 bits per heavy atom. The minimum absolute atomic E-state index is 0.0714. The Labute approximate surface area is 162 Å². The minimum Gasteiger partial charge on any atom is -0.383 e. The molecule has 2 rings (SSSR count). The predicted molar refractivity (Wildman–Crippen MR) is 99.0 cm³/mol. The zero-order valence-electron chi connectivity index (χ0n) is 15.0. The van der Waals surface area contributed by atoms with E-state index in [0.717, 1.165) is 38.0 Å². The van der Waals surface area contributed by atoms with Crippen molar-refractivity contribution in [2.45, 2.75) is 29.8 Å². The molecule has 0 N–H and O–H groups in total. The van der Waals surface area contributed by atoms with Crippen LogP contribution in [0.25, 0.3) is 0 Å². The SMILES string of the molecule is COCCN1CCC(c2cccc(S(=O)(=O)CC=CC(F)(F)F)c2Cl)CC1. The average Bonchev–Trinajstić information content (AvgIpc) is 2.59. The van der Waals surface area contributed by atoms with Crippen LogP contribution in [0.2, 0.25) is 5.02 Å². The maximum absolute atomic E-state index is 12.4. The van der Waals surface area contributed by atoms with Crippen LogP contribution in [-0.2, 0) is 14.6 Å². The van der Waals surface area contributed by atoms with Crippen LogP contribution in [0, 0.1) is 0 Å². The summed E-state index contributed by atoms with van der Waals surface area (Å²) < 4.78 is 66.5. The molecule has 0 spiro atoms. The van der Waals surface area contributed by atoms with Gasteiger partial charge in [-0.25, -0.2) is 8.42 Å². The lowest BCUT2D eigenvalue weighted by Gasteiger charge is -2.32. The number of nitrogens with zero attached hydrogens (tertiary/aromatic N) is 1. The van der Waals surface area contributed by atoms with Gasteiger partial charge in [0.1, 0.15) is 0 Å². The van der Waals surface area contributed by atoms with Crippen LogP contribution in [0.3, 0.4) is 0 Å². The zero-order chi connectivity index (χ0) is 20.1. The molecule has 0 saturated carbocycles. The summed E-state index contributed by atoms with van der Waals surface area (Å²) in [7, 11) is -2.29. The van der Waals surface area contributed by atoms with Gasteiger partial charge in [0.15, 0.2) is 9.84 Å². The van der Waals surface area contributed by atoms with Gasteiger partial charge in [-0.15, -0.1) is 0 Å². The van der Waals surface area contributed by atoms with Crippen LogP contribution in [0.4, 0.5) is 13.2 Å². The van der Waals surface area contributed by atoms with Crippen molar-refractivity contribution in [1.82, 2.24) is 4.90 Å². The second kappa shape index (κ2) is 9.41. The second-order valence-electron chi connectivity index (χ2n) is 6.49. The van der Waals surface area contributed by atoms with Gasteiger partial charge in [-0.3, -0.25) is 0 Å². The van der Waals surface area contributed by atoms with Crippen molar-refractivity contribution in [2.75, 3.05) is 39.1 Å². The molecular formula is C18H23ClF3NO3S. The van der Waals surface area contributed by atoms with E-state index in [-0.39, 0.29) is 21.9 Å². The minimum atomic E-state index is -4.54. The zero-order valence-corrected chi connectivity index (χ0v) is 16.6. The maximum atomic E-state index is 12.4. The fourth-order valence-corrected chi connectivity index (χ4v) is 5.01. The Hall–Kier alpha value is -1.09. The van der Waals surface area contributed by atoms with Crippen LogP contribution in [0.1, 0.15) is 24.3 Å². The summed E-state index contributed by atoms with van der Waals surface area (Å²) >= 11 is 6.36. The molecule has 0 bridgehead atoms. The number of hydrogen-bond acceptors (Lipinski definition) is 4. The molecule has 9 heteroatoms. The molecule has 27 heavy (non-hydrogen) atoms. The number of methoxy groups -OCH3 is 1. The molecule has 1 aliphatic heterocycles. The molecule has 0 atom stereocenters. The standard InChI is InChI=1S/C18H23ClF3NO3S/c1-26-12-11-23-9-6-14(7-10-23)15-4-2-5-16(17(15)19)27(24,25)13-3-8-18(20,21)22/h2-5,8,14H,6-7,9-13H2,1H3. The number of ether oxygens (including phenoxy) is 1. The number of piperidine rings is 1. The summed E-state index contributed by atoms with van der Waals surface area (Å²) in [6, 6.07) is 4.73. The van der Waals surface area contributed by atoms with E-state index in [9.17, 15) is 21.6 Å². The summed E-state index contributed by atoms with van der Waals surface area (Å²) in [5.41, 5.74) is 0.740. The highest BCUT2D eigenvalue weighted by molar-refractivity contribution is 7.91. The van der Waals surface area contributed by atoms with Crippen molar-refractivity contribution in [3.05, 3.63) is 40.9 Å². The number of halogens is 4. The summed E-state index contributed by atoms with van der Waals surface area (Å²) in [4.78, 5) is 2.16. The van der Waals surface area contributed by atoms with Crippen LogP contribution < -0.4 is 0 Å². The van der Waals surface area contributed by atoms with Gasteiger partial charge in [0.25, 0.3) is 0 Å². The molecule has 4 nitrogen and oxygen atoms in total. The van der Waals surface area contributed by atoms with E-state index in [1.165, 1.54) is 6.07 Å². The van der Waals surface area contributed by atoms with E-state index >= 15 is 0 Å². The largest absolute Gasteiger partial charge is 0.409 e. The summed E-state index contributed by atoms with van der Waals surface area (Å²) in [5.74, 6) is -0.623. The number of allylic oxidation sites excluding steroid dienone is 1. The Kier molecular flexibility index (Phi) is 7.73. The van der Waals surface area contributed by atoms with Crippen LogP contribution in [-0.4, -0.2) is 58.6 Å². The van der Waals surface area contributed by atoms with Crippen molar-refractivity contribution >= 4 is 21.4 Å². The normalized spacial score (nSPS) is 17.7. The second-order valence-corrected chi connectivity index (χ2v) is 8.87. The van der Waals surface area contributed by atoms with Gasteiger partial charge >= 0.3 is 6.18 Å². The lowest BCUT2D eigenvalue weighted by Crippen LogP contribution is -2.35. The first-order chi connectivity index (χ1) is 12.6. The Morgan fingerprint density at radius 2 is 1.96 bits per heavy atom. The van der Waals surface area contributed by atoms with Gasteiger partial charge in [0.2, 0.25) is 0 Å². The quantitative estimate of drug-likeness (QED) is 0.618. The molecule has 1 aromatic carbocycles. The first-order valence-corrected chi connectivity index (χ1v) is 10.6. The summed E-state index contributed by atoms with van der Waals surface area (Å²) in [6.45, 7) is 3.22. The van der Waals surface area contributed by atoms with Crippen molar-refractivity contribution in [3.63, 3.8) is 0 Å². The maximum Gasteiger partial charge on any atom is 0.409 e. The van der Waals surface area contributed by atoms with Gasteiger partial charge in [0, 0.05) is 19.7 Å². The lowest BCUT2D eigenvalue weighted by molar-refractivity contribution is -0.0799. The molecular weight excluding hydrogens is 403 g/mol. The van der Waals surface area contributed by atoms with Gasteiger partial charge in [-0.05, 0) is 43.5 Å². The van der Waals surface area contributed by atoms with E-state index in [1.54, 1.807) is 19.2 Å². The first kappa shape index (κ1) is 22.2. The molecule has 1 aliphatic rings. The Morgan fingerprint density at radius 3 is 2.56 bits per heavy atom. The third kappa shape index (κ3) is 6.48. The Balaban J connectivity index is 2.13. The first-order valence-electron chi connectivity index (χ1n) is 8.61. The van der Waals surface area contributed by atoms with E-state index in [0.29, 0.717) is 12.7 Å². The summed E-state index contributed by atoms with van der Waals surface area (Å²) in [6.07, 6.45) is -2.34. The molecule has 0 aliphatic carbocycles. The molecule has 1 heterocycles. The van der Waals surface area contributed by atoms with Crippen LogP contribution in [0.5, 0.6) is 0 Å². The van der Waals surface area contributed by atoms with Gasteiger partial charge in [-0.2, -0.15) is 13.2 Å². The molecule has 1 saturated heterocycles. The lowest BCUT2D eigenvalue weighted by atomic mass is 9.89. The van der Waals surface area contributed by atoms with Crippen LogP contribution in [0.15, 0.2) is 35.2 Å². The van der Waals surface area contributed by atoms with Crippen molar-refractivity contribution < 1.29 is 26.3 Å². The fourth-order valence-electron chi connectivity index (χ4n) is 3.17. The number of benzene rings is 1.